The van der Waals surface area contributed by atoms with E-state index in [1.165, 1.54) is 25.0 Å². The quantitative estimate of drug-likeness (QED) is 0.862. The smallest absolute Gasteiger partial charge is 0.125 e. The molecule has 1 aromatic carbocycles. The molecule has 1 aliphatic rings. The Morgan fingerprint density at radius 1 is 1.19 bits per heavy atom. The largest absolute Gasteiger partial charge is 0.291 e. The first kappa shape index (κ1) is 14.1. The molecule has 3 rings (SSSR count). The van der Waals surface area contributed by atoms with Crippen LogP contribution in [0.5, 0.6) is 0 Å². The zero-order chi connectivity index (χ0) is 14.7. The van der Waals surface area contributed by atoms with Crippen LogP contribution < -0.4 is 0 Å². The van der Waals surface area contributed by atoms with Crippen LogP contribution in [0.3, 0.4) is 0 Å². The van der Waals surface area contributed by atoms with Crippen molar-refractivity contribution < 1.29 is 4.39 Å². The number of likely N-dealkylation sites (tertiary alicyclic amines) is 1. The Kier molecular flexibility index (Phi) is 4.25. The second-order valence-corrected chi connectivity index (χ2v) is 5.64. The number of hydrogen-bond donors (Lipinski definition) is 0. The minimum atomic E-state index is -0.180. The maximum atomic E-state index is 13.0. The van der Waals surface area contributed by atoms with Gasteiger partial charge in [-0.2, -0.15) is 0 Å². The minimum Gasteiger partial charge on any atom is -0.291 e. The van der Waals surface area contributed by atoms with Gasteiger partial charge >= 0.3 is 0 Å². The fraction of sp³-hybridized carbons (Fsp3) is 0.412. The molecular formula is C17H20FN3. The number of halogens is 1. The van der Waals surface area contributed by atoms with E-state index in [0.717, 1.165) is 36.6 Å². The summed E-state index contributed by atoms with van der Waals surface area (Å²) >= 11 is 0. The predicted molar refractivity (Wildman–Crippen MR) is 80.2 cm³/mol. The first-order valence-corrected chi connectivity index (χ1v) is 7.50. The number of aromatic nitrogens is 2. The molecule has 0 bridgehead atoms. The predicted octanol–water partition coefficient (Wildman–Crippen LogP) is 3.65. The molecule has 110 valence electrons. The third kappa shape index (κ3) is 3.45. The summed E-state index contributed by atoms with van der Waals surface area (Å²) in [6.07, 6.45) is 5.40. The lowest BCUT2D eigenvalue weighted by Gasteiger charge is -2.35. The zero-order valence-electron chi connectivity index (χ0n) is 12.3. The van der Waals surface area contributed by atoms with Gasteiger partial charge in [-0.3, -0.25) is 4.90 Å². The van der Waals surface area contributed by atoms with Gasteiger partial charge < -0.3 is 0 Å². The van der Waals surface area contributed by atoms with E-state index in [1.807, 2.05) is 31.3 Å². The second-order valence-electron chi connectivity index (χ2n) is 5.64. The lowest BCUT2D eigenvalue weighted by atomic mass is 9.98. The van der Waals surface area contributed by atoms with Crippen molar-refractivity contribution in [3.05, 3.63) is 59.4 Å². The van der Waals surface area contributed by atoms with E-state index >= 15 is 0 Å². The van der Waals surface area contributed by atoms with Crippen molar-refractivity contribution in [2.45, 2.75) is 38.8 Å². The van der Waals surface area contributed by atoms with Gasteiger partial charge in [-0.25, -0.2) is 14.4 Å². The molecule has 3 nitrogen and oxygen atoms in total. The van der Waals surface area contributed by atoms with Crippen LogP contribution in [0, 0.1) is 12.7 Å². The van der Waals surface area contributed by atoms with Gasteiger partial charge in [0, 0.05) is 12.7 Å². The minimum absolute atomic E-state index is 0.180. The van der Waals surface area contributed by atoms with E-state index in [1.54, 1.807) is 0 Å². The molecule has 1 aromatic heterocycles. The van der Waals surface area contributed by atoms with Crippen molar-refractivity contribution >= 4 is 0 Å². The molecule has 0 saturated carbocycles. The maximum absolute atomic E-state index is 13.0. The Labute approximate surface area is 124 Å². The molecule has 1 fully saturated rings. The molecule has 0 N–H and O–H groups in total. The number of nitrogens with zero attached hydrogens (tertiary/aromatic N) is 3. The summed E-state index contributed by atoms with van der Waals surface area (Å²) in [5.74, 6) is 0.639. The van der Waals surface area contributed by atoms with E-state index in [4.69, 9.17) is 0 Å². The van der Waals surface area contributed by atoms with Gasteiger partial charge in [0.15, 0.2) is 0 Å². The van der Waals surface area contributed by atoms with E-state index in [-0.39, 0.29) is 5.82 Å². The Morgan fingerprint density at radius 3 is 2.76 bits per heavy atom. The number of hydrogen-bond acceptors (Lipinski definition) is 3. The normalized spacial score (nSPS) is 19.6. The highest BCUT2D eigenvalue weighted by atomic mass is 19.1. The molecule has 0 spiro atoms. The topological polar surface area (TPSA) is 29.0 Å². The maximum Gasteiger partial charge on any atom is 0.125 e. The average molecular weight is 285 g/mol. The molecule has 0 aliphatic carbocycles. The molecule has 2 heterocycles. The first-order chi connectivity index (χ1) is 10.2. The fourth-order valence-corrected chi connectivity index (χ4v) is 3.00. The fourth-order valence-electron chi connectivity index (χ4n) is 3.00. The second kappa shape index (κ2) is 6.31. The molecule has 0 unspecified atom stereocenters. The summed E-state index contributed by atoms with van der Waals surface area (Å²) in [6.45, 7) is 3.83. The van der Waals surface area contributed by atoms with Crippen LogP contribution in [0.2, 0.25) is 0 Å². The molecule has 1 atom stereocenters. The molecular weight excluding hydrogens is 265 g/mol. The van der Waals surface area contributed by atoms with E-state index in [0.29, 0.717) is 6.04 Å². The van der Waals surface area contributed by atoms with Crippen molar-refractivity contribution in [1.82, 2.24) is 14.9 Å². The van der Waals surface area contributed by atoms with Crippen LogP contribution >= 0.6 is 0 Å². The van der Waals surface area contributed by atoms with Gasteiger partial charge in [-0.15, -0.1) is 0 Å². The summed E-state index contributed by atoms with van der Waals surface area (Å²) in [7, 11) is 0. The zero-order valence-corrected chi connectivity index (χ0v) is 12.3. The molecule has 0 amide bonds. The van der Waals surface area contributed by atoms with Crippen molar-refractivity contribution in [2.75, 3.05) is 6.54 Å². The first-order valence-electron chi connectivity index (χ1n) is 7.50. The van der Waals surface area contributed by atoms with Crippen molar-refractivity contribution in [1.29, 1.82) is 0 Å². The highest BCUT2D eigenvalue weighted by Gasteiger charge is 2.25. The number of aryl methyl sites for hydroxylation is 1. The summed E-state index contributed by atoms with van der Waals surface area (Å²) in [6, 6.07) is 9.15. The van der Waals surface area contributed by atoms with Crippen molar-refractivity contribution in [2.24, 2.45) is 0 Å². The highest BCUT2D eigenvalue weighted by molar-refractivity contribution is 5.17. The monoisotopic (exact) mass is 285 g/mol. The van der Waals surface area contributed by atoms with E-state index in [2.05, 4.69) is 14.9 Å². The Balaban J connectivity index is 1.79. The van der Waals surface area contributed by atoms with Gasteiger partial charge in [-0.05, 0) is 50.1 Å². The van der Waals surface area contributed by atoms with Crippen LogP contribution in [0.25, 0.3) is 0 Å². The van der Waals surface area contributed by atoms with Crippen LogP contribution in [-0.2, 0) is 6.54 Å². The molecule has 1 saturated heterocycles. The SMILES string of the molecule is Cc1nccc([C@H]2CCCCN2Cc2ccc(F)cc2)n1. The van der Waals surface area contributed by atoms with E-state index in [9.17, 15) is 4.39 Å². The Morgan fingerprint density at radius 2 is 2.00 bits per heavy atom. The molecule has 2 aromatic rings. The average Bonchev–Trinajstić information content (AvgIpc) is 2.50. The summed E-state index contributed by atoms with van der Waals surface area (Å²) in [4.78, 5) is 11.2. The van der Waals surface area contributed by atoms with Crippen LogP contribution in [-0.4, -0.2) is 21.4 Å². The van der Waals surface area contributed by atoms with Crippen molar-refractivity contribution in [3.8, 4) is 0 Å². The highest BCUT2D eigenvalue weighted by Crippen LogP contribution is 2.30. The summed E-state index contributed by atoms with van der Waals surface area (Å²) < 4.78 is 13.0. The molecule has 1 aliphatic heterocycles. The van der Waals surface area contributed by atoms with Crippen molar-refractivity contribution in [3.63, 3.8) is 0 Å². The standard InChI is InChI=1S/C17H20FN3/c1-13-19-10-9-16(20-13)17-4-2-3-11-21(17)12-14-5-7-15(18)8-6-14/h5-10,17H,2-4,11-12H2,1H3/t17-/m1/s1. The third-order valence-corrected chi connectivity index (χ3v) is 4.05. The van der Waals surface area contributed by atoms with Gasteiger partial charge in [-0.1, -0.05) is 18.6 Å². The number of piperidine rings is 1. The third-order valence-electron chi connectivity index (χ3n) is 4.05. The number of benzene rings is 1. The lowest BCUT2D eigenvalue weighted by Crippen LogP contribution is -2.33. The summed E-state index contributed by atoms with van der Waals surface area (Å²) in [5.41, 5.74) is 2.25. The summed E-state index contributed by atoms with van der Waals surface area (Å²) in [5, 5.41) is 0. The Bertz CT molecular complexity index is 597. The van der Waals surface area contributed by atoms with Crippen LogP contribution in [0.4, 0.5) is 4.39 Å². The van der Waals surface area contributed by atoms with E-state index < -0.39 is 0 Å². The van der Waals surface area contributed by atoms with Crippen LogP contribution in [0.15, 0.2) is 36.5 Å². The van der Waals surface area contributed by atoms with Gasteiger partial charge in [0.25, 0.3) is 0 Å². The molecule has 0 radical (unpaired) electrons. The Hall–Kier alpha value is -1.81. The number of rotatable bonds is 3. The molecule has 4 heteroatoms. The lowest BCUT2D eigenvalue weighted by molar-refractivity contribution is 0.137. The molecule has 21 heavy (non-hydrogen) atoms. The van der Waals surface area contributed by atoms with Gasteiger partial charge in [0.2, 0.25) is 0 Å². The van der Waals surface area contributed by atoms with Crippen LogP contribution in [0.1, 0.15) is 42.4 Å². The van der Waals surface area contributed by atoms with Gasteiger partial charge in [0.05, 0.1) is 11.7 Å². The van der Waals surface area contributed by atoms with Gasteiger partial charge in [0.1, 0.15) is 11.6 Å².